The number of aliphatic carboxylic acids is 1. The molecule has 0 aliphatic carbocycles. The van der Waals surface area contributed by atoms with E-state index in [1.807, 2.05) is 49.4 Å². The maximum Gasteiger partial charge on any atom is 0.318 e. The predicted molar refractivity (Wildman–Crippen MR) is 147 cm³/mol. The number of nitrogens with zero attached hydrogens (tertiary/aromatic N) is 3. The van der Waals surface area contributed by atoms with Crippen LogP contribution in [0.15, 0.2) is 83.3 Å². The van der Waals surface area contributed by atoms with Gasteiger partial charge in [-0.1, -0.05) is 48.5 Å². The number of carboxylic acids is 1. The maximum atomic E-state index is 13.5. The fraction of sp³-hybridized carbons (Fsp3) is 0.241. The summed E-state index contributed by atoms with van der Waals surface area (Å²) in [5.74, 6) is 0.613. The normalized spacial score (nSPS) is 13.0. The highest BCUT2D eigenvalue weighted by atomic mass is 32.2. The molecule has 0 bridgehead atoms. The van der Waals surface area contributed by atoms with Gasteiger partial charge in [-0.15, -0.1) is 0 Å². The predicted octanol–water partition coefficient (Wildman–Crippen LogP) is 4.47. The molecule has 0 saturated carbocycles. The largest absolute Gasteiger partial charge is 0.493 e. The SMILES string of the molecule is Cc1oc(-c2ccccc2)nc1CCOc1cccc(CN(CC(=O)O)S(=O)(=O)N2CCc3ccccc32)c1. The minimum Gasteiger partial charge on any atom is -0.493 e. The summed E-state index contributed by atoms with van der Waals surface area (Å²) in [7, 11) is -4.07. The minimum atomic E-state index is -4.07. The van der Waals surface area contributed by atoms with Gasteiger partial charge in [0.2, 0.25) is 5.89 Å². The van der Waals surface area contributed by atoms with Gasteiger partial charge in [-0.05, 0) is 54.8 Å². The lowest BCUT2D eigenvalue weighted by Crippen LogP contribution is -2.45. The van der Waals surface area contributed by atoms with E-state index in [-0.39, 0.29) is 13.1 Å². The Balaban J connectivity index is 1.26. The number of benzene rings is 3. The molecule has 1 aliphatic rings. The van der Waals surface area contributed by atoms with Crippen LogP contribution in [0, 0.1) is 6.92 Å². The smallest absolute Gasteiger partial charge is 0.318 e. The van der Waals surface area contributed by atoms with Crippen molar-refractivity contribution in [2.24, 2.45) is 0 Å². The minimum absolute atomic E-state index is 0.104. The van der Waals surface area contributed by atoms with Crippen LogP contribution in [0.3, 0.4) is 0 Å². The molecule has 39 heavy (non-hydrogen) atoms. The van der Waals surface area contributed by atoms with Gasteiger partial charge in [-0.2, -0.15) is 12.7 Å². The molecular formula is C29H29N3O6S. The molecule has 1 aliphatic heterocycles. The molecule has 2 heterocycles. The average molecular weight is 548 g/mol. The van der Waals surface area contributed by atoms with Crippen LogP contribution in [0.5, 0.6) is 5.75 Å². The Kier molecular flexibility index (Phi) is 7.67. The van der Waals surface area contributed by atoms with Gasteiger partial charge in [0.05, 0.1) is 18.0 Å². The quantitative estimate of drug-likeness (QED) is 0.295. The number of anilines is 1. The molecule has 0 unspecified atom stereocenters. The molecule has 1 aromatic heterocycles. The Morgan fingerprint density at radius 3 is 2.64 bits per heavy atom. The summed E-state index contributed by atoms with van der Waals surface area (Å²) in [5, 5.41) is 9.48. The summed E-state index contributed by atoms with van der Waals surface area (Å²) in [5.41, 5.74) is 3.83. The van der Waals surface area contributed by atoms with Gasteiger partial charge in [-0.25, -0.2) is 4.98 Å². The third kappa shape index (κ3) is 5.97. The van der Waals surface area contributed by atoms with E-state index in [1.165, 1.54) is 4.31 Å². The molecule has 4 aromatic rings. The van der Waals surface area contributed by atoms with Crippen LogP contribution in [-0.2, 0) is 34.4 Å². The number of carboxylic acid groups (broad SMARTS) is 1. The molecule has 3 aromatic carbocycles. The highest BCUT2D eigenvalue weighted by Gasteiger charge is 2.35. The molecule has 1 N–H and O–H groups in total. The molecule has 0 atom stereocenters. The number of aromatic nitrogens is 1. The van der Waals surface area contributed by atoms with Crippen molar-refractivity contribution in [2.75, 3.05) is 24.0 Å². The van der Waals surface area contributed by atoms with Gasteiger partial charge in [-0.3, -0.25) is 9.10 Å². The van der Waals surface area contributed by atoms with E-state index in [9.17, 15) is 18.3 Å². The number of carbonyl (C=O) groups is 1. The summed E-state index contributed by atoms with van der Waals surface area (Å²) in [6.45, 7) is 1.72. The van der Waals surface area contributed by atoms with Gasteiger partial charge in [0.15, 0.2) is 0 Å². The van der Waals surface area contributed by atoms with Gasteiger partial charge in [0.1, 0.15) is 18.1 Å². The standard InChI is InChI=1S/C29H29N3O6S/c1-21-26(30-29(38-21)24-10-3-2-4-11-24)15-17-37-25-12-7-8-22(18-25)19-31(20-28(33)34)39(35,36)32-16-14-23-9-5-6-13-27(23)32/h2-13,18H,14-17,19-20H2,1H3,(H,33,34). The highest BCUT2D eigenvalue weighted by molar-refractivity contribution is 7.90. The zero-order chi connectivity index (χ0) is 27.4. The monoisotopic (exact) mass is 547 g/mol. The summed E-state index contributed by atoms with van der Waals surface area (Å²) in [6.07, 6.45) is 1.11. The summed E-state index contributed by atoms with van der Waals surface area (Å²) in [6, 6.07) is 24.0. The molecule has 0 saturated heterocycles. The highest BCUT2D eigenvalue weighted by Crippen LogP contribution is 2.32. The van der Waals surface area contributed by atoms with Gasteiger partial charge >= 0.3 is 16.2 Å². The van der Waals surface area contributed by atoms with Crippen molar-refractivity contribution >= 4 is 21.9 Å². The van der Waals surface area contributed by atoms with E-state index in [2.05, 4.69) is 4.98 Å². The molecular weight excluding hydrogens is 518 g/mol. The van der Waals surface area contributed by atoms with Gasteiger partial charge < -0.3 is 14.3 Å². The number of hydrogen-bond acceptors (Lipinski definition) is 6. The summed E-state index contributed by atoms with van der Waals surface area (Å²) >= 11 is 0. The maximum absolute atomic E-state index is 13.5. The van der Waals surface area contributed by atoms with Crippen LogP contribution in [0.4, 0.5) is 5.69 Å². The second-order valence-corrected chi connectivity index (χ2v) is 11.1. The third-order valence-electron chi connectivity index (χ3n) is 6.54. The van der Waals surface area contributed by atoms with E-state index < -0.39 is 22.7 Å². The number of oxazole rings is 1. The van der Waals surface area contributed by atoms with Crippen molar-refractivity contribution in [3.63, 3.8) is 0 Å². The zero-order valence-corrected chi connectivity index (χ0v) is 22.3. The van der Waals surface area contributed by atoms with Crippen molar-refractivity contribution in [2.45, 2.75) is 26.3 Å². The van der Waals surface area contributed by atoms with Crippen LogP contribution < -0.4 is 9.04 Å². The van der Waals surface area contributed by atoms with Gasteiger partial charge in [0, 0.05) is 25.1 Å². The topological polar surface area (TPSA) is 113 Å². The van der Waals surface area contributed by atoms with E-state index in [0.29, 0.717) is 42.3 Å². The van der Waals surface area contributed by atoms with Crippen LogP contribution >= 0.6 is 0 Å². The van der Waals surface area contributed by atoms with E-state index in [4.69, 9.17) is 9.15 Å². The summed E-state index contributed by atoms with van der Waals surface area (Å²) < 4.78 is 41.1. The van der Waals surface area contributed by atoms with Crippen LogP contribution in [0.2, 0.25) is 0 Å². The first kappa shape index (κ1) is 26.5. The van der Waals surface area contributed by atoms with Crippen molar-refractivity contribution in [1.29, 1.82) is 0 Å². The van der Waals surface area contributed by atoms with Crippen molar-refractivity contribution in [3.8, 4) is 17.2 Å². The number of para-hydroxylation sites is 1. The fourth-order valence-electron chi connectivity index (χ4n) is 4.62. The number of ether oxygens (including phenoxy) is 1. The lowest BCUT2D eigenvalue weighted by molar-refractivity contribution is -0.137. The molecule has 202 valence electrons. The molecule has 0 spiro atoms. The summed E-state index contributed by atoms with van der Waals surface area (Å²) in [4.78, 5) is 16.2. The Morgan fingerprint density at radius 1 is 1.08 bits per heavy atom. The second-order valence-electron chi connectivity index (χ2n) is 9.25. The first-order valence-corrected chi connectivity index (χ1v) is 14.0. The lowest BCUT2D eigenvalue weighted by atomic mass is 10.2. The number of hydrogen-bond donors (Lipinski definition) is 1. The second kappa shape index (κ2) is 11.3. The van der Waals surface area contributed by atoms with E-state index in [0.717, 1.165) is 26.9 Å². The Morgan fingerprint density at radius 2 is 1.85 bits per heavy atom. The van der Waals surface area contributed by atoms with E-state index >= 15 is 0 Å². The van der Waals surface area contributed by atoms with Gasteiger partial charge in [0.25, 0.3) is 0 Å². The Hall–Kier alpha value is -4.15. The first-order valence-electron chi connectivity index (χ1n) is 12.6. The zero-order valence-electron chi connectivity index (χ0n) is 21.5. The number of fused-ring (bicyclic) bond motifs is 1. The Labute approximate surface area is 227 Å². The van der Waals surface area contributed by atoms with Crippen LogP contribution in [-0.4, -0.2) is 48.5 Å². The molecule has 5 rings (SSSR count). The average Bonchev–Trinajstić information content (AvgIpc) is 3.53. The first-order chi connectivity index (χ1) is 18.8. The Bertz CT molecular complexity index is 1570. The number of rotatable bonds is 11. The van der Waals surface area contributed by atoms with Crippen LogP contribution in [0.1, 0.15) is 22.6 Å². The lowest BCUT2D eigenvalue weighted by Gasteiger charge is -2.28. The molecule has 0 fully saturated rings. The third-order valence-corrected chi connectivity index (χ3v) is 8.39. The molecule has 10 heteroatoms. The fourth-order valence-corrected chi connectivity index (χ4v) is 6.24. The van der Waals surface area contributed by atoms with Crippen LogP contribution in [0.25, 0.3) is 11.5 Å². The van der Waals surface area contributed by atoms with Crippen molar-refractivity contribution in [1.82, 2.24) is 9.29 Å². The van der Waals surface area contributed by atoms with E-state index in [1.54, 1.807) is 36.4 Å². The molecule has 0 radical (unpaired) electrons. The molecule has 0 amide bonds. The number of aryl methyl sites for hydroxylation is 1. The molecule has 9 nitrogen and oxygen atoms in total. The van der Waals surface area contributed by atoms with Crippen molar-refractivity contribution < 1.29 is 27.5 Å². The van der Waals surface area contributed by atoms with Crippen molar-refractivity contribution in [3.05, 3.63) is 101 Å².